The van der Waals surface area contributed by atoms with E-state index in [1.165, 1.54) is 5.56 Å². The summed E-state index contributed by atoms with van der Waals surface area (Å²) in [6.45, 7) is 2.06. The van der Waals surface area contributed by atoms with Crippen molar-refractivity contribution in [2.24, 2.45) is 0 Å². The fraction of sp³-hybridized carbons (Fsp3) is 0.300. The molecule has 1 saturated carbocycles. The highest BCUT2D eigenvalue weighted by molar-refractivity contribution is 5.92. The van der Waals surface area contributed by atoms with Crippen LogP contribution in [-0.2, 0) is 11.2 Å². The van der Waals surface area contributed by atoms with Crippen molar-refractivity contribution in [1.82, 2.24) is 20.2 Å². The molecule has 1 aliphatic carbocycles. The molecule has 2 aromatic carbocycles. The molecule has 0 saturated heterocycles. The van der Waals surface area contributed by atoms with Crippen molar-refractivity contribution < 1.29 is 9.53 Å². The summed E-state index contributed by atoms with van der Waals surface area (Å²) in [6, 6.07) is 15.7. The molecular weight excluding hydrogens is 342 g/mol. The van der Waals surface area contributed by atoms with Gasteiger partial charge >= 0.3 is 0 Å². The molecule has 1 heterocycles. The largest absolute Gasteiger partial charge is 0.484 e. The van der Waals surface area contributed by atoms with E-state index >= 15 is 0 Å². The van der Waals surface area contributed by atoms with E-state index in [-0.39, 0.29) is 12.5 Å². The summed E-state index contributed by atoms with van der Waals surface area (Å²) in [5, 5.41) is 14.8. The van der Waals surface area contributed by atoms with Crippen LogP contribution in [0.5, 0.6) is 5.75 Å². The third kappa shape index (κ3) is 4.13. The summed E-state index contributed by atoms with van der Waals surface area (Å²) >= 11 is 0. The number of amides is 1. The summed E-state index contributed by atoms with van der Waals surface area (Å²) in [6.07, 6.45) is 3.21. The molecule has 1 aromatic heterocycles. The molecule has 0 bridgehead atoms. The van der Waals surface area contributed by atoms with Crippen molar-refractivity contribution in [3.05, 3.63) is 54.1 Å². The number of tetrazole rings is 1. The van der Waals surface area contributed by atoms with E-state index < -0.39 is 0 Å². The molecule has 1 N–H and O–H groups in total. The second-order valence-corrected chi connectivity index (χ2v) is 6.59. The summed E-state index contributed by atoms with van der Waals surface area (Å²) < 4.78 is 7.40. The Morgan fingerprint density at radius 3 is 2.56 bits per heavy atom. The van der Waals surface area contributed by atoms with Gasteiger partial charge in [-0.1, -0.05) is 19.1 Å². The number of benzene rings is 2. The molecule has 0 aliphatic heterocycles. The van der Waals surface area contributed by atoms with Gasteiger partial charge < -0.3 is 10.1 Å². The highest BCUT2D eigenvalue weighted by Crippen LogP contribution is 2.36. The van der Waals surface area contributed by atoms with E-state index in [1.807, 2.05) is 53.2 Å². The molecule has 27 heavy (non-hydrogen) atoms. The van der Waals surface area contributed by atoms with E-state index in [2.05, 4.69) is 27.8 Å². The van der Waals surface area contributed by atoms with Crippen LogP contribution in [0.4, 0.5) is 5.69 Å². The van der Waals surface area contributed by atoms with Gasteiger partial charge in [0.2, 0.25) is 0 Å². The summed E-state index contributed by atoms with van der Waals surface area (Å²) in [5.41, 5.74) is 2.87. The Kier molecular flexibility index (Phi) is 4.82. The number of ether oxygens (including phenoxy) is 1. The lowest BCUT2D eigenvalue weighted by molar-refractivity contribution is -0.118. The minimum atomic E-state index is -0.204. The molecule has 0 radical (unpaired) electrons. The average Bonchev–Trinajstić information content (AvgIpc) is 3.44. The van der Waals surface area contributed by atoms with Gasteiger partial charge in [0.05, 0.1) is 6.04 Å². The number of anilines is 1. The summed E-state index contributed by atoms with van der Waals surface area (Å²) in [7, 11) is 0. The zero-order valence-corrected chi connectivity index (χ0v) is 15.1. The number of carbonyl (C=O) groups is 1. The highest BCUT2D eigenvalue weighted by atomic mass is 16.5. The van der Waals surface area contributed by atoms with Gasteiger partial charge in [-0.15, -0.1) is 5.10 Å². The van der Waals surface area contributed by atoms with Gasteiger partial charge in [-0.2, -0.15) is 0 Å². The number of nitrogens with zero attached hydrogens (tertiary/aromatic N) is 4. The number of carbonyl (C=O) groups excluding carboxylic acids is 1. The molecule has 0 atom stereocenters. The maximum atomic E-state index is 12.1. The third-order valence-corrected chi connectivity index (χ3v) is 4.51. The van der Waals surface area contributed by atoms with Gasteiger partial charge in [-0.05, 0) is 71.7 Å². The monoisotopic (exact) mass is 363 g/mol. The number of hydrogen-bond donors (Lipinski definition) is 1. The van der Waals surface area contributed by atoms with Gasteiger partial charge in [0.25, 0.3) is 5.91 Å². The zero-order chi connectivity index (χ0) is 18.6. The quantitative estimate of drug-likeness (QED) is 0.697. The highest BCUT2D eigenvalue weighted by Gasteiger charge is 2.28. The molecule has 7 nitrogen and oxygen atoms in total. The standard InChI is InChI=1S/C20H21N5O2/c1-2-14-3-11-18(12-4-14)27-13-19(26)21-16-7-5-15(6-8-16)20-22-23-24-25(20)17-9-10-17/h3-8,11-12,17H,2,9-10,13H2,1H3,(H,21,26). The predicted octanol–water partition coefficient (Wildman–Crippen LogP) is 3.25. The van der Waals surface area contributed by atoms with Crippen LogP contribution in [0.3, 0.4) is 0 Å². The van der Waals surface area contributed by atoms with Crippen molar-refractivity contribution in [2.45, 2.75) is 32.2 Å². The van der Waals surface area contributed by atoms with Crippen LogP contribution in [0, 0.1) is 0 Å². The van der Waals surface area contributed by atoms with Crippen molar-refractivity contribution in [3.63, 3.8) is 0 Å². The lowest BCUT2D eigenvalue weighted by atomic mass is 10.2. The molecule has 1 fully saturated rings. The van der Waals surface area contributed by atoms with Crippen LogP contribution in [0.1, 0.15) is 31.4 Å². The first-order chi connectivity index (χ1) is 13.2. The van der Waals surface area contributed by atoms with Crippen LogP contribution >= 0.6 is 0 Å². The number of aromatic nitrogens is 4. The maximum Gasteiger partial charge on any atom is 0.262 e. The number of nitrogens with one attached hydrogen (secondary N) is 1. The van der Waals surface area contributed by atoms with E-state index in [0.29, 0.717) is 17.5 Å². The fourth-order valence-electron chi connectivity index (χ4n) is 2.82. The summed E-state index contributed by atoms with van der Waals surface area (Å²) in [5.74, 6) is 1.24. The average molecular weight is 363 g/mol. The van der Waals surface area contributed by atoms with Crippen LogP contribution < -0.4 is 10.1 Å². The van der Waals surface area contributed by atoms with Crippen LogP contribution in [-0.4, -0.2) is 32.7 Å². The Hall–Kier alpha value is -3.22. The van der Waals surface area contributed by atoms with E-state index in [4.69, 9.17) is 4.74 Å². The lowest BCUT2D eigenvalue weighted by Crippen LogP contribution is -2.20. The molecule has 0 unspecified atom stereocenters. The molecule has 138 valence electrons. The van der Waals surface area contributed by atoms with Crippen molar-refractivity contribution >= 4 is 11.6 Å². The minimum Gasteiger partial charge on any atom is -0.484 e. The minimum absolute atomic E-state index is 0.0346. The summed E-state index contributed by atoms with van der Waals surface area (Å²) in [4.78, 5) is 12.1. The van der Waals surface area contributed by atoms with E-state index in [9.17, 15) is 4.79 Å². The molecule has 1 amide bonds. The smallest absolute Gasteiger partial charge is 0.262 e. The molecule has 4 rings (SSSR count). The van der Waals surface area contributed by atoms with Gasteiger partial charge in [0.1, 0.15) is 5.75 Å². The van der Waals surface area contributed by atoms with Gasteiger partial charge in [0.15, 0.2) is 12.4 Å². The Balaban J connectivity index is 1.33. The van der Waals surface area contributed by atoms with Gasteiger partial charge in [-0.3, -0.25) is 4.79 Å². The first-order valence-corrected chi connectivity index (χ1v) is 9.13. The first kappa shape index (κ1) is 17.2. The number of rotatable bonds is 7. The Morgan fingerprint density at radius 1 is 1.15 bits per heavy atom. The van der Waals surface area contributed by atoms with Crippen LogP contribution in [0.2, 0.25) is 0 Å². The molecule has 7 heteroatoms. The Morgan fingerprint density at radius 2 is 1.89 bits per heavy atom. The third-order valence-electron chi connectivity index (χ3n) is 4.51. The van der Waals surface area contributed by atoms with Gasteiger partial charge in [0, 0.05) is 11.3 Å². The Labute approximate surface area is 157 Å². The molecule has 3 aromatic rings. The van der Waals surface area contributed by atoms with E-state index in [0.717, 1.165) is 30.7 Å². The second-order valence-electron chi connectivity index (χ2n) is 6.59. The van der Waals surface area contributed by atoms with Crippen molar-refractivity contribution in [2.75, 3.05) is 11.9 Å². The van der Waals surface area contributed by atoms with Gasteiger partial charge in [-0.25, -0.2) is 4.68 Å². The fourth-order valence-corrected chi connectivity index (χ4v) is 2.82. The first-order valence-electron chi connectivity index (χ1n) is 9.13. The number of hydrogen-bond acceptors (Lipinski definition) is 5. The topological polar surface area (TPSA) is 81.9 Å². The maximum absolute atomic E-state index is 12.1. The molecule has 1 aliphatic rings. The lowest BCUT2D eigenvalue weighted by Gasteiger charge is -2.09. The predicted molar refractivity (Wildman–Crippen MR) is 101 cm³/mol. The van der Waals surface area contributed by atoms with E-state index in [1.54, 1.807) is 0 Å². The second kappa shape index (κ2) is 7.57. The number of aryl methyl sites for hydroxylation is 1. The van der Waals surface area contributed by atoms with Crippen LogP contribution in [0.25, 0.3) is 11.4 Å². The Bertz CT molecular complexity index is 914. The van der Waals surface area contributed by atoms with Crippen molar-refractivity contribution in [3.8, 4) is 17.1 Å². The SMILES string of the molecule is CCc1ccc(OCC(=O)Nc2ccc(-c3nnnn3C3CC3)cc2)cc1. The van der Waals surface area contributed by atoms with Crippen LogP contribution in [0.15, 0.2) is 48.5 Å². The normalized spacial score (nSPS) is 13.4. The molecular formula is C20H21N5O2. The zero-order valence-electron chi connectivity index (χ0n) is 15.1. The molecule has 0 spiro atoms. The van der Waals surface area contributed by atoms with Crippen molar-refractivity contribution in [1.29, 1.82) is 0 Å².